The van der Waals surface area contributed by atoms with Crippen LogP contribution in [0.4, 0.5) is 24.8 Å². The van der Waals surface area contributed by atoms with Crippen LogP contribution in [0.1, 0.15) is 24.1 Å². The molecule has 3 rings (SSSR count). The van der Waals surface area contributed by atoms with Crippen molar-refractivity contribution in [3.8, 4) is 0 Å². The summed E-state index contributed by atoms with van der Waals surface area (Å²) in [6.07, 6.45) is 0.453. The number of alkyl halides is 3. The Morgan fingerprint density at radius 3 is 2.48 bits per heavy atom. The second-order valence-corrected chi connectivity index (χ2v) is 8.70. The second-order valence-electron chi connectivity index (χ2n) is 7.42. The van der Waals surface area contributed by atoms with Crippen molar-refractivity contribution in [2.45, 2.75) is 31.5 Å². The van der Waals surface area contributed by atoms with Crippen molar-refractivity contribution in [2.75, 3.05) is 25.5 Å². The molecule has 1 atom stereocenters. The summed E-state index contributed by atoms with van der Waals surface area (Å²) in [6, 6.07) is 6.32. The van der Waals surface area contributed by atoms with E-state index in [2.05, 4.69) is 31.8 Å². The summed E-state index contributed by atoms with van der Waals surface area (Å²) in [5.74, 6) is -0.574. The van der Waals surface area contributed by atoms with Crippen LogP contribution < -0.4 is 15.9 Å². The minimum absolute atomic E-state index is 0.0597. The van der Waals surface area contributed by atoms with Gasteiger partial charge in [-0.25, -0.2) is 9.97 Å². The summed E-state index contributed by atoms with van der Waals surface area (Å²) in [5.41, 5.74) is -0.934. The first-order valence-corrected chi connectivity index (χ1v) is 11.1. The van der Waals surface area contributed by atoms with Crippen molar-refractivity contribution in [1.29, 1.82) is 0 Å². The number of carbonyl (C=O) groups excluding carboxylic acids is 1. The lowest BCUT2D eigenvalue weighted by molar-refractivity contribution is -0.138. The zero-order chi connectivity index (χ0) is 22.6. The Bertz CT molecular complexity index is 993. The van der Waals surface area contributed by atoms with Gasteiger partial charge in [-0.2, -0.15) is 13.2 Å². The summed E-state index contributed by atoms with van der Waals surface area (Å²) in [7, 11) is 0.241. The number of nitrogens with one attached hydrogen (secondary N) is 2. The first-order chi connectivity index (χ1) is 14.6. The molecule has 166 valence electrons. The van der Waals surface area contributed by atoms with Gasteiger partial charge in [0, 0.05) is 23.2 Å². The Labute approximate surface area is 178 Å². The van der Waals surface area contributed by atoms with Gasteiger partial charge in [0.2, 0.25) is 11.9 Å². The molecule has 1 aliphatic rings. The second kappa shape index (κ2) is 9.62. The number of rotatable bonds is 6. The van der Waals surface area contributed by atoms with E-state index in [9.17, 15) is 22.5 Å². The average molecular weight is 453 g/mol. The Balaban J connectivity index is 1.76. The van der Waals surface area contributed by atoms with Gasteiger partial charge < -0.3 is 15.5 Å². The molecule has 31 heavy (non-hydrogen) atoms. The fourth-order valence-corrected chi connectivity index (χ4v) is 3.75. The summed E-state index contributed by atoms with van der Waals surface area (Å²) in [4.78, 5) is 22.2. The molecule has 2 N–H and O–H groups in total. The number of amides is 1. The maximum Gasteiger partial charge on any atom is 0.419 e. The van der Waals surface area contributed by atoms with Crippen LogP contribution in [0.2, 0.25) is 0 Å². The molecule has 1 aromatic carbocycles. The lowest BCUT2D eigenvalue weighted by atomic mass is 10.0. The number of halogens is 3. The van der Waals surface area contributed by atoms with Crippen LogP contribution in [0.3, 0.4) is 0 Å². The summed E-state index contributed by atoms with van der Waals surface area (Å²) >= 11 is 0. The number of nitrogens with zero attached hydrogens (tertiary/aromatic N) is 3. The predicted molar refractivity (Wildman–Crippen MR) is 113 cm³/mol. The zero-order valence-corrected chi connectivity index (χ0v) is 17.8. The third kappa shape index (κ3) is 6.38. The Morgan fingerprint density at radius 1 is 1.26 bits per heavy atom. The van der Waals surface area contributed by atoms with E-state index in [-0.39, 0.29) is 12.0 Å². The summed E-state index contributed by atoms with van der Waals surface area (Å²) in [5, 5.41) is 6.15. The first kappa shape index (κ1) is 23.0. The van der Waals surface area contributed by atoms with Crippen LogP contribution in [0.25, 0.3) is 0 Å². The standard InChI is InChI=1S/C20H23F3N5O2P/c1-28-9-7-14(8-10-28)25-18(29)11-17-16(20(21,22)23)12-24-19(27-17)26-13-3-5-15(6-4-13)31(2)30/h3-6,12,14H,2,7-11H2,1H3,(H,25,29)(H,24,26,27). The third-order valence-electron chi connectivity index (χ3n) is 5.00. The fourth-order valence-electron chi connectivity index (χ4n) is 3.27. The van der Waals surface area contributed by atoms with Gasteiger partial charge in [-0.1, -0.05) is 0 Å². The highest BCUT2D eigenvalue weighted by atomic mass is 31.1. The Morgan fingerprint density at radius 2 is 1.90 bits per heavy atom. The van der Waals surface area contributed by atoms with Gasteiger partial charge in [-0.05, 0) is 63.5 Å². The maximum absolute atomic E-state index is 13.4. The van der Waals surface area contributed by atoms with Gasteiger partial charge in [0.05, 0.1) is 17.7 Å². The number of piperidine rings is 1. The van der Waals surface area contributed by atoms with E-state index in [1.807, 2.05) is 7.05 Å². The Hall–Kier alpha value is -2.71. The number of aromatic nitrogens is 2. The van der Waals surface area contributed by atoms with Crippen LogP contribution >= 0.6 is 7.42 Å². The van der Waals surface area contributed by atoms with Gasteiger partial charge >= 0.3 is 6.18 Å². The van der Waals surface area contributed by atoms with Crippen LogP contribution in [-0.4, -0.2) is 53.3 Å². The maximum atomic E-state index is 13.4. The van der Waals surface area contributed by atoms with E-state index in [0.717, 1.165) is 25.9 Å². The number of hydrogen-bond donors (Lipinski definition) is 2. The molecule has 11 heteroatoms. The highest BCUT2D eigenvalue weighted by Gasteiger charge is 2.35. The number of benzene rings is 1. The van der Waals surface area contributed by atoms with Gasteiger partial charge in [0.25, 0.3) is 0 Å². The highest BCUT2D eigenvalue weighted by molar-refractivity contribution is 7.51. The van der Waals surface area contributed by atoms with Crippen molar-refractivity contribution in [3.63, 3.8) is 0 Å². The van der Waals surface area contributed by atoms with Crippen LogP contribution in [0, 0.1) is 0 Å². The first-order valence-electron chi connectivity index (χ1n) is 9.67. The molecule has 1 unspecified atom stereocenters. The largest absolute Gasteiger partial charge is 0.419 e. The third-order valence-corrected chi connectivity index (χ3v) is 5.87. The predicted octanol–water partition coefficient (Wildman–Crippen LogP) is 2.88. The summed E-state index contributed by atoms with van der Waals surface area (Å²) in [6.45, 7) is 1.64. The monoisotopic (exact) mass is 453 g/mol. The fraction of sp³-hybridized carbons (Fsp3) is 0.400. The molecule has 2 aromatic rings. The van der Waals surface area contributed by atoms with Crippen molar-refractivity contribution in [2.24, 2.45) is 0 Å². The molecule has 1 aromatic heterocycles. The highest BCUT2D eigenvalue weighted by Crippen LogP contribution is 2.31. The van der Waals surface area contributed by atoms with Gasteiger partial charge in [-0.3, -0.25) is 9.36 Å². The molecule has 0 radical (unpaired) electrons. The quantitative estimate of drug-likeness (QED) is 0.655. The van der Waals surface area contributed by atoms with Crippen LogP contribution in [0.5, 0.6) is 0 Å². The zero-order valence-electron chi connectivity index (χ0n) is 16.9. The average Bonchev–Trinajstić information content (AvgIpc) is 2.69. The molecule has 2 heterocycles. The molecule has 1 aliphatic heterocycles. The smallest absolute Gasteiger partial charge is 0.353 e. The van der Waals surface area contributed by atoms with E-state index in [1.54, 1.807) is 24.3 Å². The molecule has 0 aliphatic carbocycles. The number of anilines is 2. The molecular weight excluding hydrogens is 430 g/mol. The SMILES string of the molecule is C=P(=O)c1ccc(Nc2ncc(C(F)(F)F)c(CC(=O)NC3CCN(C)CC3)n2)cc1. The van der Waals surface area contributed by atoms with E-state index < -0.39 is 37.2 Å². The topological polar surface area (TPSA) is 87.2 Å². The molecule has 1 fully saturated rings. The van der Waals surface area contributed by atoms with Crippen molar-refractivity contribution in [3.05, 3.63) is 41.7 Å². The van der Waals surface area contributed by atoms with E-state index in [4.69, 9.17) is 0 Å². The van der Waals surface area contributed by atoms with E-state index >= 15 is 0 Å². The number of hydrogen-bond acceptors (Lipinski definition) is 6. The van der Waals surface area contributed by atoms with Gasteiger partial charge in [0.1, 0.15) is 7.42 Å². The lowest BCUT2D eigenvalue weighted by Crippen LogP contribution is -2.44. The lowest BCUT2D eigenvalue weighted by Gasteiger charge is -2.29. The molecule has 0 bridgehead atoms. The normalized spacial score (nSPS) is 16.1. The molecule has 7 nitrogen and oxygen atoms in total. The minimum Gasteiger partial charge on any atom is -0.353 e. The van der Waals surface area contributed by atoms with E-state index in [0.29, 0.717) is 17.2 Å². The van der Waals surface area contributed by atoms with Gasteiger partial charge in [-0.15, -0.1) is 0 Å². The van der Waals surface area contributed by atoms with Crippen LogP contribution in [0.15, 0.2) is 30.5 Å². The number of carbonyl (C=O) groups is 1. The van der Waals surface area contributed by atoms with Crippen molar-refractivity contribution in [1.82, 2.24) is 20.2 Å². The molecule has 1 saturated heterocycles. The van der Waals surface area contributed by atoms with Crippen molar-refractivity contribution < 1.29 is 22.5 Å². The van der Waals surface area contributed by atoms with E-state index in [1.165, 1.54) is 0 Å². The molecule has 0 saturated carbocycles. The number of likely N-dealkylation sites (tertiary alicyclic amines) is 1. The van der Waals surface area contributed by atoms with Gasteiger partial charge in [0.15, 0.2) is 0 Å². The Kier molecular flexibility index (Phi) is 7.12. The van der Waals surface area contributed by atoms with Crippen LogP contribution in [-0.2, 0) is 22.0 Å². The van der Waals surface area contributed by atoms with Crippen molar-refractivity contribution >= 4 is 36.6 Å². The minimum atomic E-state index is -4.68. The summed E-state index contributed by atoms with van der Waals surface area (Å²) < 4.78 is 51.6. The molecule has 0 spiro atoms. The molecular formula is C20H23F3N5O2P. The molecule has 1 amide bonds.